The standard InChI is InChI=1S/C11H22N2O2S2/c1-12-10(5-7-17-3)11(15)13-9(8-14)4-6-16-2/h8-10,12H,4-7H2,1-3H3,(H,13,15). The van der Waals surface area contributed by atoms with Crippen LogP contribution in [0, 0.1) is 0 Å². The molecule has 6 heteroatoms. The number of hydrogen-bond donors (Lipinski definition) is 2. The van der Waals surface area contributed by atoms with Gasteiger partial charge in [0.2, 0.25) is 5.91 Å². The Hall–Kier alpha value is -0.200. The SMILES string of the molecule is CNC(CCSC)C(=O)NC(C=O)CCSC. The van der Waals surface area contributed by atoms with Gasteiger partial charge in [0.15, 0.2) is 0 Å². The van der Waals surface area contributed by atoms with Gasteiger partial charge in [0.05, 0.1) is 12.1 Å². The van der Waals surface area contributed by atoms with Crippen LogP contribution in [0.4, 0.5) is 0 Å². The smallest absolute Gasteiger partial charge is 0.237 e. The largest absolute Gasteiger partial charge is 0.345 e. The Morgan fingerprint density at radius 1 is 1.24 bits per heavy atom. The molecule has 0 bridgehead atoms. The van der Waals surface area contributed by atoms with Crippen LogP contribution >= 0.6 is 23.5 Å². The van der Waals surface area contributed by atoms with Gasteiger partial charge in [0.1, 0.15) is 6.29 Å². The molecule has 0 aliphatic rings. The van der Waals surface area contributed by atoms with Crippen molar-refractivity contribution < 1.29 is 9.59 Å². The second-order valence-corrected chi connectivity index (χ2v) is 5.63. The molecule has 1 amide bonds. The van der Waals surface area contributed by atoms with Gasteiger partial charge in [0.25, 0.3) is 0 Å². The van der Waals surface area contributed by atoms with E-state index in [4.69, 9.17) is 0 Å². The summed E-state index contributed by atoms with van der Waals surface area (Å²) in [6, 6.07) is -0.570. The third-order valence-electron chi connectivity index (χ3n) is 2.40. The summed E-state index contributed by atoms with van der Waals surface area (Å²) in [6.07, 6.45) is 6.28. The van der Waals surface area contributed by atoms with Crippen LogP contribution in [-0.4, -0.2) is 55.3 Å². The predicted octanol–water partition coefficient (Wildman–Crippen LogP) is 0.764. The number of rotatable bonds is 10. The van der Waals surface area contributed by atoms with Crippen molar-refractivity contribution in [3.05, 3.63) is 0 Å². The van der Waals surface area contributed by atoms with Gasteiger partial charge in [0, 0.05) is 0 Å². The topological polar surface area (TPSA) is 58.2 Å². The Bertz CT molecular complexity index is 228. The molecule has 0 heterocycles. The molecule has 0 saturated heterocycles. The van der Waals surface area contributed by atoms with Crippen molar-refractivity contribution in [1.29, 1.82) is 0 Å². The molecule has 0 aromatic heterocycles. The van der Waals surface area contributed by atoms with Crippen molar-refractivity contribution in [3.8, 4) is 0 Å². The molecule has 0 spiro atoms. The Labute approximate surface area is 112 Å². The maximum absolute atomic E-state index is 11.9. The van der Waals surface area contributed by atoms with E-state index in [1.165, 1.54) is 0 Å². The Morgan fingerprint density at radius 3 is 2.29 bits per heavy atom. The van der Waals surface area contributed by atoms with Crippen molar-refractivity contribution in [2.45, 2.75) is 24.9 Å². The first kappa shape index (κ1) is 16.8. The van der Waals surface area contributed by atoms with Crippen LogP contribution in [0.3, 0.4) is 0 Å². The van der Waals surface area contributed by atoms with Crippen LogP contribution in [0.15, 0.2) is 0 Å². The fourth-order valence-electron chi connectivity index (χ4n) is 1.34. The third-order valence-corrected chi connectivity index (χ3v) is 3.69. The van der Waals surface area contributed by atoms with Gasteiger partial charge in [-0.1, -0.05) is 0 Å². The summed E-state index contributed by atoms with van der Waals surface area (Å²) in [5.74, 6) is 1.72. The van der Waals surface area contributed by atoms with E-state index >= 15 is 0 Å². The zero-order chi connectivity index (χ0) is 13.1. The van der Waals surface area contributed by atoms with Crippen LogP contribution < -0.4 is 10.6 Å². The van der Waals surface area contributed by atoms with Crippen LogP contribution in [0.1, 0.15) is 12.8 Å². The fraction of sp³-hybridized carbons (Fsp3) is 0.818. The van der Waals surface area contributed by atoms with E-state index in [0.29, 0.717) is 6.42 Å². The lowest BCUT2D eigenvalue weighted by Gasteiger charge is -2.18. The predicted molar refractivity (Wildman–Crippen MR) is 76.8 cm³/mol. The van der Waals surface area contributed by atoms with Crippen molar-refractivity contribution in [1.82, 2.24) is 10.6 Å². The molecule has 17 heavy (non-hydrogen) atoms. The summed E-state index contributed by atoms with van der Waals surface area (Å²) in [6.45, 7) is 0. The number of thioether (sulfide) groups is 2. The van der Waals surface area contributed by atoms with E-state index in [0.717, 1.165) is 24.2 Å². The number of likely N-dealkylation sites (N-methyl/N-ethyl adjacent to an activating group) is 1. The summed E-state index contributed by atoms with van der Waals surface area (Å²) in [4.78, 5) is 22.7. The van der Waals surface area contributed by atoms with E-state index in [1.54, 1.807) is 30.6 Å². The number of carbonyl (C=O) groups excluding carboxylic acids is 2. The van der Waals surface area contributed by atoms with Crippen LogP contribution in [0.5, 0.6) is 0 Å². The Kier molecular flexibility index (Phi) is 10.8. The first-order valence-electron chi connectivity index (χ1n) is 5.60. The van der Waals surface area contributed by atoms with Crippen LogP contribution in [-0.2, 0) is 9.59 Å². The molecule has 2 N–H and O–H groups in total. The Balaban J connectivity index is 4.11. The molecule has 0 rings (SSSR count). The molecule has 0 aliphatic carbocycles. The minimum atomic E-state index is -0.361. The van der Waals surface area contributed by atoms with Gasteiger partial charge < -0.3 is 15.4 Å². The van der Waals surface area contributed by atoms with E-state index in [-0.39, 0.29) is 18.0 Å². The molecule has 0 radical (unpaired) electrons. The summed E-state index contributed by atoms with van der Waals surface area (Å²) < 4.78 is 0. The lowest BCUT2D eigenvalue weighted by Crippen LogP contribution is -2.47. The summed E-state index contributed by atoms with van der Waals surface area (Å²) in [7, 11) is 1.77. The van der Waals surface area contributed by atoms with Crippen molar-refractivity contribution >= 4 is 35.7 Å². The van der Waals surface area contributed by atoms with E-state index in [1.807, 2.05) is 12.5 Å². The Morgan fingerprint density at radius 2 is 1.82 bits per heavy atom. The van der Waals surface area contributed by atoms with Gasteiger partial charge >= 0.3 is 0 Å². The maximum atomic E-state index is 11.9. The first-order chi connectivity index (χ1) is 8.19. The summed E-state index contributed by atoms with van der Waals surface area (Å²) in [5.41, 5.74) is 0. The third kappa shape index (κ3) is 7.68. The number of amides is 1. The van der Waals surface area contributed by atoms with E-state index in [2.05, 4.69) is 10.6 Å². The van der Waals surface area contributed by atoms with Crippen LogP contribution in [0.25, 0.3) is 0 Å². The van der Waals surface area contributed by atoms with Gasteiger partial charge in [-0.15, -0.1) is 0 Å². The minimum absolute atomic E-state index is 0.0836. The second kappa shape index (κ2) is 10.9. The lowest BCUT2D eigenvalue weighted by atomic mass is 10.2. The molecule has 0 fully saturated rings. The lowest BCUT2D eigenvalue weighted by molar-refractivity contribution is -0.125. The van der Waals surface area contributed by atoms with Gasteiger partial charge in [-0.05, 0) is 43.9 Å². The summed E-state index contributed by atoms with van der Waals surface area (Å²) >= 11 is 3.38. The zero-order valence-electron chi connectivity index (χ0n) is 10.7. The highest BCUT2D eigenvalue weighted by molar-refractivity contribution is 7.98. The summed E-state index contributed by atoms with van der Waals surface area (Å²) in [5, 5.41) is 5.74. The molecular formula is C11H22N2O2S2. The monoisotopic (exact) mass is 278 g/mol. The van der Waals surface area contributed by atoms with Crippen molar-refractivity contribution in [2.75, 3.05) is 31.1 Å². The molecule has 0 aromatic rings. The minimum Gasteiger partial charge on any atom is -0.345 e. The fourth-order valence-corrected chi connectivity index (χ4v) is 2.31. The molecule has 4 nitrogen and oxygen atoms in total. The number of aldehydes is 1. The van der Waals surface area contributed by atoms with Gasteiger partial charge in [-0.2, -0.15) is 23.5 Å². The van der Waals surface area contributed by atoms with E-state index in [9.17, 15) is 9.59 Å². The molecule has 0 saturated carbocycles. The number of hydrogen-bond acceptors (Lipinski definition) is 5. The zero-order valence-corrected chi connectivity index (χ0v) is 12.3. The molecule has 100 valence electrons. The second-order valence-electron chi connectivity index (χ2n) is 3.66. The normalized spacial score (nSPS) is 14.1. The first-order valence-corrected chi connectivity index (χ1v) is 8.39. The average molecular weight is 278 g/mol. The van der Waals surface area contributed by atoms with Gasteiger partial charge in [-0.25, -0.2) is 0 Å². The molecule has 0 aliphatic heterocycles. The van der Waals surface area contributed by atoms with Gasteiger partial charge in [-0.3, -0.25) is 4.79 Å². The maximum Gasteiger partial charge on any atom is 0.237 e. The van der Waals surface area contributed by atoms with E-state index < -0.39 is 0 Å². The highest BCUT2D eigenvalue weighted by Gasteiger charge is 2.18. The molecule has 0 aromatic carbocycles. The van der Waals surface area contributed by atoms with Crippen molar-refractivity contribution in [3.63, 3.8) is 0 Å². The quantitative estimate of drug-likeness (QED) is 0.578. The van der Waals surface area contributed by atoms with Crippen molar-refractivity contribution in [2.24, 2.45) is 0 Å². The number of carbonyl (C=O) groups is 2. The average Bonchev–Trinajstić information content (AvgIpc) is 2.35. The highest BCUT2D eigenvalue weighted by atomic mass is 32.2. The molecule has 2 unspecified atom stereocenters. The molecule has 2 atom stereocenters. The highest BCUT2D eigenvalue weighted by Crippen LogP contribution is 2.03. The van der Waals surface area contributed by atoms with Crippen LogP contribution in [0.2, 0.25) is 0 Å². The number of nitrogens with one attached hydrogen (secondary N) is 2. The molecular weight excluding hydrogens is 256 g/mol.